The minimum atomic E-state index is -1.32. The van der Waals surface area contributed by atoms with Crippen LogP contribution in [0.4, 0.5) is 0 Å². The molecule has 0 aliphatic heterocycles. The number of rotatable bonds is 60. The minimum absolute atomic E-state index is 0.159. The molecular formula is C69H140N4O8+4. The summed E-state index contributed by atoms with van der Waals surface area (Å²) in [5.41, 5.74) is -1.32. The number of carbonyl (C=O) groups excluding carboxylic acids is 4. The number of esters is 4. The van der Waals surface area contributed by atoms with E-state index in [1.54, 1.807) is 0 Å². The molecule has 0 bridgehead atoms. The maximum Gasteiger partial charge on any atom is 0.361 e. The number of quaternary nitrogens is 4. The normalized spacial score (nSPS) is 12.5. The molecule has 0 rings (SSSR count). The van der Waals surface area contributed by atoms with Crippen molar-refractivity contribution >= 4 is 23.9 Å². The molecule has 0 heterocycles. The first-order chi connectivity index (χ1) is 38.6. The molecule has 0 saturated heterocycles. The molecule has 0 aromatic carbocycles. The Morgan fingerprint density at radius 3 is 0.519 bits per heavy atom. The second-order valence-electron chi connectivity index (χ2n) is 28.1. The van der Waals surface area contributed by atoms with Crippen LogP contribution < -0.4 is 0 Å². The molecule has 0 aromatic heterocycles. The van der Waals surface area contributed by atoms with Crippen LogP contribution in [0.2, 0.25) is 0 Å². The second kappa shape index (κ2) is 49.9. The molecule has 480 valence electrons. The van der Waals surface area contributed by atoms with E-state index < -0.39 is 29.3 Å². The average Bonchev–Trinajstić information content (AvgIpc) is 3.40. The van der Waals surface area contributed by atoms with Crippen LogP contribution in [-0.2, 0) is 38.1 Å². The van der Waals surface area contributed by atoms with Gasteiger partial charge in [0.15, 0.2) is 26.2 Å². The van der Waals surface area contributed by atoms with Crippen molar-refractivity contribution in [1.82, 2.24) is 0 Å². The van der Waals surface area contributed by atoms with Crippen molar-refractivity contribution in [2.24, 2.45) is 5.41 Å². The molecule has 0 amide bonds. The molecule has 0 spiro atoms. The Balaban J connectivity index is 6.21. The summed E-state index contributed by atoms with van der Waals surface area (Å²) >= 11 is 0. The largest absolute Gasteiger partial charge is 0.461 e. The van der Waals surface area contributed by atoms with Crippen molar-refractivity contribution in [3.05, 3.63) is 0 Å². The number of ether oxygens (including phenoxy) is 4. The number of carbonyl (C=O) groups is 4. The van der Waals surface area contributed by atoms with Gasteiger partial charge in [0, 0.05) is 0 Å². The van der Waals surface area contributed by atoms with Gasteiger partial charge in [0.1, 0.15) is 31.8 Å². The molecule has 0 saturated carbocycles. The van der Waals surface area contributed by atoms with Crippen LogP contribution in [0.5, 0.6) is 0 Å². The fourth-order valence-corrected chi connectivity index (χ4v) is 11.2. The molecule has 81 heavy (non-hydrogen) atoms. The second-order valence-corrected chi connectivity index (χ2v) is 28.1. The number of hydrogen-bond donors (Lipinski definition) is 0. The highest BCUT2D eigenvalue weighted by Gasteiger charge is 2.40. The Kier molecular flexibility index (Phi) is 48.5. The Hall–Kier alpha value is -2.28. The standard InChI is InChI=1S/C69H140N4O8/c1-13-17-21-25-29-33-37-41-45-49-53-70(5,6)57-65(74)78-61-69(62-79-66(75)58-71(7,8)54-50-46-42-38-34-30-26-22-18-14-2,63-80-67(76)59-72(9,10)55-51-47-43-39-35-31-27-23-19-15-3)64-81-68(77)60-73(11,12)56-52-48-44-40-36-32-28-24-20-16-4/h13-64H2,1-12H3/q+4. The summed E-state index contributed by atoms with van der Waals surface area (Å²) < 4.78 is 26.5. The molecule has 12 nitrogen and oxygen atoms in total. The van der Waals surface area contributed by atoms with E-state index in [4.69, 9.17) is 18.9 Å². The third kappa shape index (κ3) is 50.7. The van der Waals surface area contributed by atoms with Gasteiger partial charge in [-0.1, -0.05) is 233 Å². The van der Waals surface area contributed by atoms with Crippen LogP contribution in [-0.4, -0.2) is 177 Å². The smallest absolute Gasteiger partial charge is 0.361 e. The maximum atomic E-state index is 13.9. The average molecular weight is 1150 g/mol. The van der Waals surface area contributed by atoms with E-state index in [1.807, 2.05) is 0 Å². The molecule has 0 aliphatic rings. The zero-order valence-corrected chi connectivity index (χ0v) is 56.3. The Morgan fingerprint density at radius 2 is 0.370 bits per heavy atom. The molecular weight excluding hydrogens is 1010 g/mol. The van der Waals surface area contributed by atoms with Gasteiger partial charge in [-0.15, -0.1) is 0 Å². The summed E-state index contributed by atoms with van der Waals surface area (Å²) in [4.78, 5) is 55.6. The highest BCUT2D eigenvalue weighted by Crippen LogP contribution is 2.24. The van der Waals surface area contributed by atoms with Gasteiger partial charge in [0.05, 0.1) is 82.6 Å². The van der Waals surface area contributed by atoms with E-state index in [9.17, 15) is 19.2 Å². The predicted octanol–water partition coefficient (Wildman–Crippen LogP) is 16.1. The van der Waals surface area contributed by atoms with Crippen molar-refractivity contribution < 1.29 is 56.1 Å². The molecule has 0 fully saturated rings. The van der Waals surface area contributed by atoms with Crippen LogP contribution >= 0.6 is 0 Å². The van der Waals surface area contributed by atoms with Crippen molar-refractivity contribution in [3.63, 3.8) is 0 Å². The maximum absolute atomic E-state index is 13.9. The first-order valence-electron chi connectivity index (χ1n) is 34.6. The van der Waals surface area contributed by atoms with Crippen LogP contribution in [0.25, 0.3) is 0 Å². The topological polar surface area (TPSA) is 105 Å². The third-order valence-electron chi connectivity index (χ3n) is 16.9. The van der Waals surface area contributed by atoms with Gasteiger partial charge in [-0.25, -0.2) is 19.2 Å². The van der Waals surface area contributed by atoms with Crippen LogP contribution in [0.1, 0.15) is 285 Å². The molecule has 0 aromatic rings. The Bertz CT molecular complexity index is 1300. The lowest BCUT2D eigenvalue weighted by Gasteiger charge is -2.35. The lowest BCUT2D eigenvalue weighted by Crippen LogP contribution is -2.50. The monoisotopic (exact) mass is 1150 g/mol. The summed E-state index contributed by atoms with van der Waals surface area (Å²) in [5.74, 6) is -1.56. The summed E-state index contributed by atoms with van der Waals surface area (Å²) in [6, 6.07) is 0. The van der Waals surface area contributed by atoms with Crippen molar-refractivity contribution in [3.8, 4) is 0 Å². The molecule has 0 N–H and O–H groups in total. The Labute approximate surface area is 503 Å². The number of nitrogens with zero attached hydrogens (tertiary/aromatic N) is 4. The number of likely N-dealkylation sites (N-methyl/N-ethyl adjacent to an activating group) is 4. The first kappa shape index (κ1) is 78.7. The quantitative estimate of drug-likeness (QED) is 0.0257. The lowest BCUT2D eigenvalue weighted by atomic mass is 9.92. The van der Waals surface area contributed by atoms with E-state index in [1.165, 1.54) is 205 Å². The van der Waals surface area contributed by atoms with E-state index in [0.29, 0.717) is 17.9 Å². The number of hydrogen-bond acceptors (Lipinski definition) is 8. The van der Waals surface area contributed by atoms with Gasteiger partial charge in [0.2, 0.25) is 0 Å². The van der Waals surface area contributed by atoms with Crippen molar-refractivity contribution in [2.75, 3.05) is 135 Å². The fraction of sp³-hybridized carbons (Fsp3) is 0.942. The van der Waals surface area contributed by atoms with Crippen molar-refractivity contribution in [1.29, 1.82) is 0 Å². The first-order valence-corrected chi connectivity index (χ1v) is 34.6. The molecule has 0 unspecified atom stereocenters. The molecule has 0 atom stereocenters. The molecule has 0 radical (unpaired) electrons. The number of unbranched alkanes of at least 4 members (excludes halogenated alkanes) is 36. The van der Waals surface area contributed by atoms with Crippen LogP contribution in [0.3, 0.4) is 0 Å². The summed E-state index contributed by atoms with van der Waals surface area (Å²) in [5, 5.41) is 0. The fourth-order valence-electron chi connectivity index (χ4n) is 11.2. The van der Waals surface area contributed by atoms with E-state index in [-0.39, 0.29) is 52.6 Å². The van der Waals surface area contributed by atoms with Gasteiger partial charge >= 0.3 is 23.9 Å². The van der Waals surface area contributed by atoms with E-state index in [0.717, 1.165) is 77.5 Å². The van der Waals surface area contributed by atoms with Crippen LogP contribution in [0, 0.1) is 5.41 Å². The molecule has 12 heteroatoms. The van der Waals surface area contributed by atoms with Gasteiger partial charge in [0.25, 0.3) is 0 Å². The predicted molar refractivity (Wildman–Crippen MR) is 341 cm³/mol. The Morgan fingerprint density at radius 1 is 0.235 bits per heavy atom. The zero-order valence-electron chi connectivity index (χ0n) is 56.3. The van der Waals surface area contributed by atoms with Gasteiger partial charge < -0.3 is 36.9 Å². The lowest BCUT2D eigenvalue weighted by molar-refractivity contribution is -0.883. The summed E-state index contributed by atoms with van der Waals surface area (Å²) in [6.45, 7) is 12.1. The van der Waals surface area contributed by atoms with E-state index in [2.05, 4.69) is 84.1 Å². The summed E-state index contributed by atoms with van der Waals surface area (Å²) in [6.07, 6.45) is 50.0. The van der Waals surface area contributed by atoms with Gasteiger partial charge in [-0.3, -0.25) is 0 Å². The molecule has 0 aliphatic carbocycles. The van der Waals surface area contributed by atoms with Crippen LogP contribution in [0.15, 0.2) is 0 Å². The van der Waals surface area contributed by atoms with Crippen molar-refractivity contribution in [2.45, 2.75) is 285 Å². The minimum Gasteiger partial charge on any atom is -0.461 e. The highest BCUT2D eigenvalue weighted by molar-refractivity contribution is 5.72. The van der Waals surface area contributed by atoms with Gasteiger partial charge in [-0.05, 0) is 51.4 Å². The third-order valence-corrected chi connectivity index (χ3v) is 16.9. The summed E-state index contributed by atoms with van der Waals surface area (Å²) in [7, 11) is 16.5. The van der Waals surface area contributed by atoms with Gasteiger partial charge in [-0.2, -0.15) is 0 Å². The van der Waals surface area contributed by atoms with E-state index >= 15 is 0 Å². The highest BCUT2D eigenvalue weighted by atomic mass is 16.6. The zero-order chi connectivity index (χ0) is 60.4. The SMILES string of the molecule is CCCCCCCCCCCC[N+](C)(C)CC(=O)OCC(COC(=O)C[N+](C)(C)CCCCCCCCCCCC)(COC(=O)C[N+](C)(C)CCCCCCCCCCCC)COC(=O)C[N+](C)(C)CCCCCCCCCCCC.